The van der Waals surface area contributed by atoms with Gasteiger partial charge in [0.2, 0.25) is 0 Å². The van der Waals surface area contributed by atoms with E-state index in [9.17, 15) is 5.11 Å². The van der Waals surface area contributed by atoms with Crippen molar-refractivity contribution >= 4 is 38.3 Å². The number of rotatable bonds is 3. The average molecular weight is 306 g/mol. The van der Waals surface area contributed by atoms with E-state index in [0.29, 0.717) is 21.2 Å². The van der Waals surface area contributed by atoms with Gasteiger partial charge < -0.3 is 5.11 Å². The van der Waals surface area contributed by atoms with Crippen LogP contribution in [0, 0.1) is 0 Å². The highest BCUT2D eigenvalue weighted by Gasteiger charge is 2.17. The first-order chi connectivity index (χ1) is 9.69. The highest BCUT2D eigenvalue weighted by Crippen LogP contribution is 2.35. The van der Waals surface area contributed by atoms with E-state index in [-0.39, 0.29) is 0 Å². The van der Waals surface area contributed by atoms with Gasteiger partial charge in [0.25, 0.3) is 0 Å². The quantitative estimate of drug-likeness (QED) is 0.513. The van der Waals surface area contributed by atoms with Crippen LogP contribution in [0.2, 0.25) is 5.02 Å². The van der Waals surface area contributed by atoms with Gasteiger partial charge in [0.15, 0.2) is 5.13 Å². The fourth-order valence-corrected chi connectivity index (χ4v) is 3.25. The fraction of sp³-hybridized carbons (Fsp3) is 0.0714. The van der Waals surface area contributed by atoms with E-state index in [4.69, 9.17) is 17.4 Å². The lowest BCUT2D eigenvalue weighted by Crippen LogP contribution is -2.06. The molecule has 4 N–H and O–H groups in total. The number of nitrogens with one attached hydrogen (secondary N) is 1. The largest absolute Gasteiger partial charge is 0.384 e. The molecule has 0 amide bonds. The zero-order valence-corrected chi connectivity index (χ0v) is 11.9. The maximum Gasteiger partial charge on any atom is 0.198 e. The van der Waals surface area contributed by atoms with Crippen molar-refractivity contribution in [1.82, 2.24) is 4.98 Å². The molecular weight excluding hydrogens is 294 g/mol. The Morgan fingerprint density at radius 2 is 2.00 bits per heavy atom. The van der Waals surface area contributed by atoms with E-state index in [1.807, 2.05) is 36.4 Å². The van der Waals surface area contributed by atoms with E-state index in [1.165, 1.54) is 11.3 Å². The van der Waals surface area contributed by atoms with Crippen LogP contribution in [-0.4, -0.2) is 10.1 Å². The molecule has 1 unspecified atom stereocenters. The summed E-state index contributed by atoms with van der Waals surface area (Å²) in [6.45, 7) is 0. The molecule has 3 rings (SSSR count). The normalized spacial score (nSPS) is 12.6. The topological polar surface area (TPSA) is 71.2 Å². The Bertz CT molecular complexity index is 745. The Labute approximate surface area is 124 Å². The lowest BCUT2D eigenvalue weighted by molar-refractivity contribution is 0.221. The number of aliphatic hydroxyl groups excluding tert-OH is 1. The van der Waals surface area contributed by atoms with Crippen LogP contribution >= 0.6 is 22.9 Å². The summed E-state index contributed by atoms with van der Waals surface area (Å²) >= 11 is 7.52. The smallest absolute Gasteiger partial charge is 0.198 e. The summed E-state index contributed by atoms with van der Waals surface area (Å²) in [6.07, 6.45) is -0.773. The Morgan fingerprint density at radius 1 is 1.25 bits per heavy atom. The monoisotopic (exact) mass is 305 g/mol. The molecule has 0 saturated carbocycles. The number of halogens is 1. The van der Waals surface area contributed by atoms with Crippen molar-refractivity contribution in [2.24, 2.45) is 5.84 Å². The summed E-state index contributed by atoms with van der Waals surface area (Å²) in [6, 6.07) is 13.0. The van der Waals surface area contributed by atoms with Gasteiger partial charge in [-0.3, -0.25) is 5.43 Å². The number of nitrogen functional groups attached to an aromatic ring is 1. The number of aliphatic hydroxyl groups is 1. The predicted molar refractivity (Wildman–Crippen MR) is 82.9 cm³/mol. The summed E-state index contributed by atoms with van der Waals surface area (Å²) in [5.41, 5.74) is 4.71. The van der Waals surface area contributed by atoms with Gasteiger partial charge >= 0.3 is 0 Å². The molecule has 4 nitrogen and oxygen atoms in total. The summed E-state index contributed by atoms with van der Waals surface area (Å²) in [5, 5.41) is 11.7. The molecule has 1 aromatic heterocycles. The Morgan fingerprint density at radius 3 is 2.70 bits per heavy atom. The van der Waals surface area contributed by atoms with E-state index in [1.54, 1.807) is 6.07 Å². The summed E-state index contributed by atoms with van der Waals surface area (Å²) in [5.74, 6) is 5.39. The Kier molecular flexibility index (Phi) is 3.58. The van der Waals surface area contributed by atoms with Gasteiger partial charge in [-0.25, -0.2) is 10.8 Å². The molecule has 0 bridgehead atoms. The molecule has 6 heteroatoms. The number of nitrogens with zero attached hydrogens (tertiary/aromatic N) is 1. The molecule has 1 atom stereocenters. The number of hydrogen-bond acceptors (Lipinski definition) is 5. The minimum absolute atomic E-state index is 0.565. The molecule has 0 spiro atoms. The number of anilines is 1. The lowest BCUT2D eigenvalue weighted by atomic mass is 10.0. The van der Waals surface area contributed by atoms with Crippen LogP contribution in [0.15, 0.2) is 42.5 Å². The first kappa shape index (κ1) is 13.3. The number of benzene rings is 2. The van der Waals surface area contributed by atoms with Crippen LogP contribution in [0.5, 0.6) is 0 Å². The van der Waals surface area contributed by atoms with Crippen molar-refractivity contribution in [2.75, 3.05) is 5.43 Å². The standard InChI is InChI=1S/C14H12ClN3OS/c15-9-6-10(13(19)8-4-2-1-3-5-8)12-11(7-9)20-14(17-12)18-16/h1-7,13,19H,16H2,(H,17,18). The summed E-state index contributed by atoms with van der Waals surface area (Å²) < 4.78 is 0.885. The van der Waals surface area contributed by atoms with Crippen LogP contribution < -0.4 is 11.3 Å². The zero-order valence-electron chi connectivity index (χ0n) is 10.4. The molecule has 0 fully saturated rings. The fourth-order valence-electron chi connectivity index (χ4n) is 2.11. The van der Waals surface area contributed by atoms with Gasteiger partial charge in [0.1, 0.15) is 6.10 Å². The number of hydrazine groups is 1. The second-order valence-electron chi connectivity index (χ2n) is 4.32. The molecule has 102 valence electrons. The zero-order chi connectivity index (χ0) is 14.1. The molecule has 0 aliphatic heterocycles. The highest BCUT2D eigenvalue weighted by molar-refractivity contribution is 7.22. The van der Waals surface area contributed by atoms with Gasteiger partial charge in [-0.05, 0) is 17.7 Å². The van der Waals surface area contributed by atoms with Gasteiger partial charge in [0.05, 0.1) is 10.2 Å². The van der Waals surface area contributed by atoms with Crippen molar-refractivity contribution in [3.8, 4) is 0 Å². The van der Waals surface area contributed by atoms with Crippen molar-refractivity contribution < 1.29 is 5.11 Å². The van der Waals surface area contributed by atoms with Crippen molar-refractivity contribution in [2.45, 2.75) is 6.10 Å². The molecule has 0 radical (unpaired) electrons. The summed E-state index contributed by atoms with van der Waals surface area (Å²) in [4.78, 5) is 4.38. The Balaban J connectivity index is 2.17. The lowest BCUT2D eigenvalue weighted by Gasteiger charge is -2.12. The molecule has 2 aromatic carbocycles. The third-order valence-electron chi connectivity index (χ3n) is 3.02. The molecule has 3 aromatic rings. The average Bonchev–Trinajstić information content (AvgIpc) is 2.89. The Hall–Kier alpha value is -1.66. The van der Waals surface area contributed by atoms with Crippen LogP contribution in [0.25, 0.3) is 10.2 Å². The maximum atomic E-state index is 10.6. The van der Waals surface area contributed by atoms with E-state index >= 15 is 0 Å². The number of nitrogens with two attached hydrogens (primary N) is 1. The van der Waals surface area contributed by atoms with Gasteiger partial charge in [-0.2, -0.15) is 0 Å². The molecular formula is C14H12ClN3OS. The van der Waals surface area contributed by atoms with Crippen LogP contribution in [0.1, 0.15) is 17.2 Å². The minimum atomic E-state index is -0.773. The maximum absolute atomic E-state index is 10.6. The first-order valence-electron chi connectivity index (χ1n) is 5.98. The first-order valence-corrected chi connectivity index (χ1v) is 7.18. The van der Waals surface area contributed by atoms with Crippen LogP contribution in [0.4, 0.5) is 5.13 Å². The predicted octanol–water partition coefficient (Wildman–Crippen LogP) is 3.32. The van der Waals surface area contributed by atoms with Crippen molar-refractivity contribution in [1.29, 1.82) is 0 Å². The molecule has 0 aliphatic rings. The summed E-state index contributed by atoms with van der Waals surface area (Å²) in [7, 11) is 0. The van der Waals surface area contributed by atoms with Crippen LogP contribution in [0.3, 0.4) is 0 Å². The number of hydrogen-bond donors (Lipinski definition) is 3. The van der Waals surface area contributed by atoms with Crippen molar-refractivity contribution in [3.63, 3.8) is 0 Å². The molecule has 0 aliphatic carbocycles. The van der Waals surface area contributed by atoms with E-state index in [0.717, 1.165) is 10.3 Å². The van der Waals surface area contributed by atoms with Gasteiger partial charge in [0, 0.05) is 10.6 Å². The number of aromatic nitrogens is 1. The molecule has 20 heavy (non-hydrogen) atoms. The number of fused-ring (bicyclic) bond motifs is 1. The second-order valence-corrected chi connectivity index (χ2v) is 5.79. The van der Waals surface area contributed by atoms with Gasteiger partial charge in [-0.15, -0.1) is 0 Å². The number of thiazole rings is 1. The third kappa shape index (κ3) is 2.36. The van der Waals surface area contributed by atoms with Gasteiger partial charge in [-0.1, -0.05) is 53.3 Å². The molecule has 1 heterocycles. The SMILES string of the molecule is NNc1nc2c(C(O)c3ccccc3)cc(Cl)cc2s1. The van der Waals surface area contributed by atoms with Crippen molar-refractivity contribution in [3.05, 3.63) is 58.6 Å². The highest BCUT2D eigenvalue weighted by atomic mass is 35.5. The molecule has 0 saturated heterocycles. The second kappa shape index (κ2) is 5.38. The van der Waals surface area contributed by atoms with Crippen LogP contribution in [-0.2, 0) is 0 Å². The third-order valence-corrected chi connectivity index (χ3v) is 4.17. The van der Waals surface area contributed by atoms with E-state index < -0.39 is 6.10 Å². The minimum Gasteiger partial charge on any atom is -0.384 e. The van der Waals surface area contributed by atoms with E-state index in [2.05, 4.69) is 10.4 Å².